The molecule has 108 valence electrons. The molecule has 0 aliphatic carbocycles. The molecule has 1 fully saturated rings. The SMILES string of the molecule is Cc1cc2c(cc1F)nc(C(C)Cl)n2N1CCCCC1. The molecule has 0 spiro atoms. The molecule has 2 aromatic rings. The molecule has 5 heteroatoms. The molecular weight excluding hydrogens is 277 g/mol. The predicted octanol–water partition coefficient (Wildman–Crippen LogP) is 3.91. The molecule has 1 aromatic heterocycles. The smallest absolute Gasteiger partial charge is 0.146 e. The van der Waals surface area contributed by atoms with Crippen molar-refractivity contribution in [3.05, 3.63) is 29.3 Å². The first-order valence-electron chi connectivity index (χ1n) is 7.15. The van der Waals surface area contributed by atoms with Crippen molar-refractivity contribution in [3.63, 3.8) is 0 Å². The van der Waals surface area contributed by atoms with Crippen LogP contribution in [0.1, 0.15) is 43.0 Å². The van der Waals surface area contributed by atoms with E-state index in [2.05, 4.69) is 14.7 Å². The number of fused-ring (bicyclic) bond motifs is 1. The number of halogens is 2. The van der Waals surface area contributed by atoms with Gasteiger partial charge in [-0.1, -0.05) is 0 Å². The fraction of sp³-hybridized carbons (Fsp3) is 0.533. The lowest BCUT2D eigenvalue weighted by atomic mass is 10.1. The van der Waals surface area contributed by atoms with Crippen LogP contribution < -0.4 is 5.01 Å². The first-order valence-corrected chi connectivity index (χ1v) is 7.59. The van der Waals surface area contributed by atoms with Crippen LogP contribution in [0, 0.1) is 12.7 Å². The van der Waals surface area contributed by atoms with Crippen LogP contribution in [-0.2, 0) is 0 Å². The van der Waals surface area contributed by atoms with Gasteiger partial charge >= 0.3 is 0 Å². The van der Waals surface area contributed by atoms with Gasteiger partial charge in [0, 0.05) is 19.2 Å². The number of benzene rings is 1. The van der Waals surface area contributed by atoms with Gasteiger partial charge in [-0.05, 0) is 44.7 Å². The standard InChI is InChI=1S/C15H19ClFN3/c1-10-8-14-13(9-12(10)17)18-15(11(2)16)20(14)19-6-4-3-5-7-19/h8-9,11H,3-7H2,1-2H3. The zero-order valence-electron chi connectivity index (χ0n) is 11.9. The number of aromatic nitrogens is 2. The van der Waals surface area contributed by atoms with Crippen molar-refractivity contribution in [2.24, 2.45) is 0 Å². The van der Waals surface area contributed by atoms with E-state index in [0.717, 1.165) is 24.4 Å². The predicted molar refractivity (Wildman–Crippen MR) is 80.5 cm³/mol. The molecule has 3 nitrogen and oxygen atoms in total. The summed E-state index contributed by atoms with van der Waals surface area (Å²) in [5.41, 5.74) is 2.28. The van der Waals surface area contributed by atoms with Gasteiger partial charge in [-0.3, -0.25) is 0 Å². The van der Waals surface area contributed by atoms with Gasteiger partial charge in [-0.15, -0.1) is 11.6 Å². The largest absolute Gasteiger partial charge is 0.311 e. The Kier molecular flexibility index (Phi) is 3.59. The molecule has 2 heterocycles. The topological polar surface area (TPSA) is 21.1 Å². The molecule has 1 aliphatic heterocycles. The van der Waals surface area contributed by atoms with Crippen LogP contribution in [0.4, 0.5) is 4.39 Å². The van der Waals surface area contributed by atoms with E-state index < -0.39 is 0 Å². The normalized spacial score (nSPS) is 17.7. The Hall–Kier alpha value is -1.29. The summed E-state index contributed by atoms with van der Waals surface area (Å²) in [5, 5.41) is 2.08. The molecule has 1 aliphatic rings. The first kappa shape index (κ1) is 13.7. The summed E-state index contributed by atoms with van der Waals surface area (Å²) in [4.78, 5) is 4.54. The third-order valence-electron chi connectivity index (χ3n) is 3.91. The molecule has 1 unspecified atom stereocenters. The van der Waals surface area contributed by atoms with Gasteiger partial charge in [0.2, 0.25) is 0 Å². The van der Waals surface area contributed by atoms with E-state index in [1.165, 1.54) is 25.3 Å². The molecule has 0 amide bonds. The Labute approximate surface area is 123 Å². The monoisotopic (exact) mass is 295 g/mol. The van der Waals surface area contributed by atoms with Gasteiger partial charge in [-0.25, -0.2) is 14.1 Å². The van der Waals surface area contributed by atoms with Crippen LogP contribution >= 0.6 is 11.6 Å². The summed E-state index contributed by atoms with van der Waals surface area (Å²) in [5.74, 6) is 0.586. The van der Waals surface area contributed by atoms with Crippen molar-refractivity contribution in [1.82, 2.24) is 9.66 Å². The zero-order valence-corrected chi connectivity index (χ0v) is 12.6. The highest BCUT2D eigenvalue weighted by Gasteiger charge is 2.21. The first-order chi connectivity index (χ1) is 9.58. The number of piperidine rings is 1. The van der Waals surface area contributed by atoms with Crippen molar-refractivity contribution in [1.29, 1.82) is 0 Å². The molecule has 0 bridgehead atoms. The number of nitrogens with zero attached hydrogens (tertiary/aromatic N) is 3. The molecule has 0 N–H and O–H groups in total. The van der Waals surface area contributed by atoms with Crippen molar-refractivity contribution < 1.29 is 4.39 Å². The fourth-order valence-corrected chi connectivity index (χ4v) is 2.98. The molecule has 3 rings (SSSR count). The van der Waals surface area contributed by atoms with Crippen LogP contribution in [-0.4, -0.2) is 22.7 Å². The van der Waals surface area contributed by atoms with Gasteiger partial charge in [0.15, 0.2) is 0 Å². The quantitative estimate of drug-likeness (QED) is 0.783. The second-order valence-electron chi connectivity index (χ2n) is 5.50. The van der Waals surface area contributed by atoms with Crippen LogP contribution in [0.2, 0.25) is 0 Å². The molecule has 0 radical (unpaired) electrons. The molecule has 1 atom stereocenters. The summed E-state index contributed by atoms with van der Waals surface area (Å²) in [7, 11) is 0. The summed E-state index contributed by atoms with van der Waals surface area (Å²) in [6, 6.07) is 3.38. The van der Waals surface area contributed by atoms with E-state index in [-0.39, 0.29) is 11.2 Å². The minimum Gasteiger partial charge on any atom is -0.311 e. The van der Waals surface area contributed by atoms with Crippen LogP contribution in [0.5, 0.6) is 0 Å². The van der Waals surface area contributed by atoms with E-state index in [9.17, 15) is 4.39 Å². The van der Waals surface area contributed by atoms with E-state index >= 15 is 0 Å². The number of hydrogen-bond acceptors (Lipinski definition) is 2. The van der Waals surface area contributed by atoms with Crippen LogP contribution in [0.3, 0.4) is 0 Å². The number of hydrogen-bond donors (Lipinski definition) is 0. The zero-order chi connectivity index (χ0) is 14.3. The number of rotatable bonds is 2. The van der Waals surface area contributed by atoms with E-state index in [1.807, 2.05) is 13.0 Å². The highest BCUT2D eigenvalue weighted by Crippen LogP contribution is 2.27. The number of imidazole rings is 1. The average Bonchev–Trinajstić information content (AvgIpc) is 2.79. The molecule has 0 saturated carbocycles. The van der Waals surface area contributed by atoms with Gasteiger partial charge in [0.05, 0.1) is 16.4 Å². The van der Waals surface area contributed by atoms with E-state index in [0.29, 0.717) is 11.1 Å². The summed E-state index contributed by atoms with van der Waals surface area (Å²) in [6.45, 7) is 5.69. The van der Waals surface area contributed by atoms with E-state index in [4.69, 9.17) is 11.6 Å². The average molecular weight is 296 g/mol. The highest BCUT2D eigenvalue weighted by atomic mass is 35.5. The lowest BCUT2D eigenvalue weighted by Gasteiger charge is -2.31. The Morgan fingerprint density at radius 1 is 1.25 bits per heavy atom. The Balaban J connectivity index is 2.20. The Bertz CT molecular complexity index is 630. The van der Waals surface area contributed by atoms with Gasteiger partial charge in [0.25, 0.3) is 0 Å². The van der Waals surface area contributed by atoms with Gasteiger partial charge in [0.1, 0.15) is 11.6 Å². The van der Waals surface area contributed by atoms with Crippen molar-refractivity contribution in [2.45, 2.75) is 38.5 Å². The maximum Gasteiger partial charge on any atom is 0.146 e. The maximum absolute atomic E-state index is 13.7. The van der Waals surface area contributed by atoms with Crippen LogP contribution in [0.15, 0.2) is 12.1 Å². The van der Waals surface area contributed by atoms with Crippen molar-refractivity contribution in [2.75, 3.05) is 18.1 Å². The maximum atomic E-state index is 13.7. The van der Waals surface area contributed by atoms with Crippen LogP contribution in [0.25, 0.3) is 11.0 Å². The third kappa shape index (κ3) is 2.26. The molecule has 1 aromatic carbocycles. The summed E-state index contributed by atoms with van der Waals surface area (Å²) in [6.07, 6.45) is 3.62. The Morgan fingerprint density at radius 2 is 1.95 bits per heavy atom. The lowest BCUT2D eigenvalue weighted by Crippen LogP contribution is -2.40. The molecule has 1 saturated heterocycles. The van der Waals surface area contributed by atoms with Crippen molar-refractivity contribution in [3.8, 4) is 0 Å². The summed E-state index contributed by atoms with van der Waals surface area (Å²) < 4.78 is 15.8. The molecular formula is C15H19ClFN3. The second kappa shape index (κ2) is 5.24. The number of aryl methyl sites for hydroxylation is 1. The minimum atomic E-state index is -0.213. The minimum absolute atomic E-state index is 0.201. The molecule has 20 heavy (non-hydrogen) atoms. The third-order valence-corrected chi connectivity index (χ3v) is 4.10. The number of alkyl halides is 1. The van der Waals surface area contributed by atoms with Crippen molar-refractivity contribution >= 4 is 22.6 Å². The highest BCUT2D eigenvalue weighted by molar-refractivity contribution is 6.20. The van der Waals surface area contributed by atoms with E-state index in [1.54, 1.807) is 6.92 Å². The fourth-order valence-electron chi connectivity index (χ4n) is 2.84. The Morgan fingerprint density at radius 3 is 2.60 bits per heavy atom. The van der Waals surface area contributed by atoms with Gasteiger partial charge < -0.3 is 5.01 Å². The second-order valence-corrected chi connectivity index (χ2v) is 6.16. The lowest BCUT2D eigenvalue weighted by molar-refractivity contribution is 0.475. The summed E-state index contributed by atoms with van der Waals surface area (Å²) >= 11 is 6.27. The van der Waals surface area contributed by atoms with Gasteiger partial charge in [-0.2, -0.15) is 0 Å².